The first kappa shape index (κ1) is 15.4. The summed E-state index contributed by atoms with van der Waals surface area (Å²) < 4.78 is 5.85. The number of nitrogens with two attached hydrogens (primary N) is 1. The Balaban J connectivity index is 1.73. The third-order valence-corrected chi connectivity index (χ3v) is 4.18. The summed E-state index contributed by atoms with van der Waals surface area (Å²) in [7, 11) is 0. The molecular formula is C19H22N2O2. The third kappa shape index (κ3) is 4.03. The highest BCUT2D eigenvalue weighted by Gasteiger charge is 2.20. The van der Waals surface area contributed by atoms with Gasteiger partial charge in [-0.05, 0) is 30.5 Å². The predicted octanol–water partition coefficient (Wildman–Crippen LogP) is 3.52. The van der Waals surface area contributed by atoms with Gasteiger partial charge >= 0.3 is 0 Å². The van der Waals surface area contributed by atoms with Crippen LogP contribution in [0.1, 0.15) is 41.6 Å². The van der Waals surface area contributed by atoms with Gasteiger partial charge in [0, 0.05) is 17.8 Å². The van der Waals surface area contributed by atoms with Gasteiger partial charge in [0.25, 0.3) is 5.91 Å². The Morgan fingerprint density at radius 2 is 1.87 bits per heavy atom. The monoisotopic (exact) mass is 310 g/mol. The molecule has 2 aromatic rings. The molecule has 120 valence electrons. The average molecular weight is 310 g/mol. The van der Waals surface area contributed by atoms with Crippen molar-refractivity contribution in [2.45, 2.75) is 38.3 Å². The highest BCUT2D eigenvalue weighted by atomic mass is 16.5. The summed E-state index contributed by atoms with van der Waals surface area (Å²) in [6, 6.07) is 15.3. The Labute approximate surface area is 136 Å². The van der Waals surface area contributed by atoms with Crippen LogP contribution < -0.4 is 15.8 Å². The van der Waals surface area contributed by atoms with Crippen LogP contribution in [0.4, 0.5) is 5.69 Å². The zero-order valence-electron chi connectivity index (χ0n) is 13.1. The van der Waals surface area contributed by atoms with Gasteiger partial charge in [-0.15, -0.1) is 0 Å². The molecule has 0 unspecified atom stereocenters. The van der Waals surface area contributed by atoms with Gasteiger partial charge in [0.15, 0.2) is 0 Å². The zero-order valence-corrected chi connectivity index (χ0v) is 13.1. The lowest BCUT2D eigenvalue weighted by atomic mass is 10.1. The van der Waals surface area contributed by atoms with E-state index in [1.165, 1.54) is 12.8 Å². The number of rotatable bonds is 5. The van der Waals surface area contributed by atoms with E-state index in [4.69, 9.17) is 10.5 Å². The number of carbonyl (C=O) groups is 1. The molecule has 1 fully saturated rings. The van der Waals surface area contributed by atoms with Crippen LogP contribution in [0.25, 0.3) is 0 Å². The van der Waals surface area contributed by atoms with Crippen LogP contribution >= 0.6 is 0 Å². The minimum atomic E-state index is -0.0834. The van der Waals surface area contributed by atoms with Crippen LogP contribution in [0.3, 0.4) is 0 Å². The fraction of sp³-hybridized carbons (Fsp3) is 0.316. The molecule has 0 radical (unpaired) electrons. The summed E-state index contributed by atoms with van der Waals surface area (Å²) in [4.78, 5) is 12.5. The molecule has 1 aliphatic carbocycles. The highest BCUT2D eigenvalue weighted by Crippen LogP contribution is 2.24. The topological polar surface area (TPSA) is 64.4 Å². The molecule has 0 aromatic heterocycles. The van der Waals surface area contributed by atoms with Crippen LogP contribution in [0, 0.1) is 0 Å². The molecule has 0 atom stereocenters. The molecule has 2 aromatic carbocycles. The Morgan fingerprint density at radius 1 is 1.13 bits per heavy atom. The van der Waals surface area contributed by atoms with Crippen molar-refractivity contribution >= 4 is 11.6 Å². The second kappa shape index (κ2) is 7.18. The molecule has 3 rings (SSSR count). The summed E-state index contributed by atoms with van der Waals surface area (Å²) in [5.74, 6) is 0.448. The van der Waals surface area contributed by atoms with Crippen molar-refractivity contribution in [3.8, 4) is 5.75 Å². The van der Waals surface area contributed by atoms with Crippen LogP contribution in [-0.2, 0) is 6.61 Å². The Bertz CT molecular complexity index is 664. The Morgan fingerprint density at radius 3 is 2.61 bits per heavy atom. The first-order valence-corrected chi connectivity index (χ1v) is 8.09. The third-order valence-electron chi connectivity index (χ3n) is 4.18. The number of nitrogens with one attached hydrogen (secondary N) is 1. The molecule has 0 aliphatic heterocycles. The van der Waals surface area contributed by atoms with Gasteiger partial charge in [-0.1, -0.05) is 43.2 Å². The second-order valence-electron chi connectivity index (χ2n) is 5.98. The first-order chi connectivity index (χ1) is 11.2. The van der Waals surface area contributed by atoms with Gasteiger partial charge in [-0.2, -0.15) is 0 Å². The molecule has 0 spiro atoms. The van der Waals surface area contributed by atoms with Gasteiger partial charge in [0.1, 0.15) is 12.4 Å². The quantitative estimate of drug-likeness (QED) is 0.831. The summed E-state index contributed by atoms with van der Waals surface area (Å²) in [5.41, 5.74) is 8.03. The van der Waals surface area contributed by atoms with Crippen molar-refractivity contribution in [2.75, 3.05) is 5.73 Å². The number of benzene rings is 2. The number of hydrogen-bond donors (Lipinski definition) is 2. The highest BCUT2D eigenvalue weighted by molar-refractivity contribution is 5.97. The molecule has 23 heavy (non-hydrogen) atoms. The minimum Gasteiger partial charge on any atom is -0.488 e. The molecule has 0 heterocycles. The number of ether oxygens (including phenoxy) is 1. The summed E-state index contributed by atoms with van der Waals surface area (Å²) in [5, 5.41) is 3.09. The van der Waals surface area contributed by atoms with E-state index in [1.54, 1.807) is 18.2 Å². The van der Waals surface area contributed by atoms with E-state index in [1.807, 2.05) is 30.3 Å². The maximum absolute atomic E-state index is 12.5. The largest absolute Gasteiger partial charge is 0.488 e. The molecule has 1 aliphatic rings. The Hall–Kier alpha value is -2.49. The van der Waals surface area contributed by atoms with Gasteiger partial charge in [0.2, 0.25) is 0 Å². The molecule has 0 saturated heterocycles. The smallest absolute Gasteiger partial charge is 0.255 e. The predicted molar refractivity (Wildman–Crippen MR) is 91.4 cm³/mol. The van der Waals surface area contributed by atoms with Crippen LogP contribution in [-0.4, -0.2) is 11.9 Å². The Kier molecular flexibility index (Phi) is 4.81. The van der Waals surface area contributed by atoms with Crippen molar-refractivity contribution in [3.05, 3.63) is 59.7 Å². The fourth-order valence-corrected chi connectivity index (χ4v) is 2.91. The molecule has 1 saturated carbocycles. The number of hydrogen-bond acceptors (Lipinski definition) is 3. The SMILES string of the molecule is Nc1ccc(C(=O)NC2CCCC2)c(OCc2ccccc2)c1. The van der Waals surface area contributed by atoms with E-state index in [2.05, 4.69) is 5.32 Å². The van der Waals surface area contributed by atoms with Crippen molar-refractivity contribution in [1.82, 2.24) is 5.32 Å². The molecule has 0 bridgehead atoms. The standard InChI is InChI=1S/C19H22N2O2/c20-15-10-11-17(19(22)21-16-8-4-5-9-16)18(12-15)23-13-14-6-2-1-3-7-14/h1-3,6-7,10-12,16H,4-5,8-9,13,20H2,(H,21,22). The lowest BCUT2D eigenvalue weighted by Crippen LogP contribution is -2.32. The maximum atomic E-state index is 12.5. The summed E-state index contributed by atoms with van der Waals surface area (Å²) >= 11 is 0. The summed E-state index contributed by atoms with van der Waals surface area (Å²) in [6.07, 6.45) is 4.48. The molecular weight excluding hydrogens is 288 g/mol. The number of anilines is 1. The molecule has 1 amide bonds. The number of carbonyl (C=O) groups excluding carboxylic acids is 1. The number of nitrogen functional groups attached to an aromatic ring is 1. The summed E-state index contributed by atoms with van der Waals surface area (Å²) in [6.45, 7) is 0.411. The van der Waals surface area contributed by atoms with E-state index in [-0.39, 0.29) is 11.9 Å². The van der Waals surface area contributed by atoms with Gasteiger partial charge in [0.05, 0.1) is 5.56 Å². The normalized spacial score (nSPS) is 14.6. The lowest BCUT2D eigenvalue weighted by molar-refractivity contribution is 0.0933. The van der Waals surface area contributed by atoms with Gasteiger partial charge in [-0.3, -0.25) is 4.79 Å². The minimum absolute atomic E-state index is 0.0834. The maximum Gasteiger partial charge on any atom is 0.255 e. The average Bonchev–Trinajstić information content (AvgIpc) is 3.07. The van der Waals surface area contributed by atoms with E-state index < -0.39 is 0 Å². The van der Waals surface area contributed by atoms with Gasteiger partial charge in [-0.25, -0.2) is 0 Å². The second-order valence-corrected chi connectivity index (χ2v) is 5.98. The van der Waals surface area contributed by atoms with Crippen molar-refractivity contribution < 1.29 is 9.53 Å². The molecule has 3 N–H and O–H groups in total. The lowest BCUT2D eigenvalue weighted by Gasteiger charge is -2.15. The zero-order chi connectivity index (χ0) is 16.1. The van der Waals surface area contributed by atoms with Crippen LogP contribution in [0.15, 0.2) is 48.5 Å². The van der Waals surface area contributed by atoms with Crippen LogP contribution in [0.5, 0.6) is 5.75 Å². The van der Waals surface area contributed by atoms with E-state index >= 15 is 0 Å². The van der Waals surface area contributed by atoms with Crippen molar-refractivity contribution in [2.24, 2.45) is 0 Å². The van der Waals surface area contributed by atoms with Crippen molar-refractivity contribution in [1.29, 1.82) is 0 Å². The fourth-order valence-electron chi connectivity index (χ4n) is 2.91. The van der Waals surface area contributed by atoms with E-state index in [0.717, 1.165) is 18.4 Å². The van der Waals surface area contributed by atoms with Gasteiger partial charge < -0.3 is 15.8 Å². The number of amides is 1. The first-order valence-electron chi connectivity index (χ1n) is 8.09. The molecule has 4 nitrogen and oxygen atoms in total. The van der Waals surface area contributed by atoms with Crippen molar-refractivity contribution in [3.63, 3.8) is 0 Å². The molecule has 4 heteroatoms. The van der Waals surface area contributed by atoms with E-state index in [0.29, 0.717) is 23.6 Å². The van der Waals surface area contributed by atoms with Crippen LogP contribution in [0.2, 0.25) is 0 Å². The van der Waals surface area contributed by atoms with E-state index in [9.17, 15) is 4.79 Å².